The predicted molar refractivity (Wildman–Crippen MR) is 47.5 cm³/mol. The standard InChI is InChI=1S/C8H14N4O/c1-12-8(5-10-11-12)13-6-7-2-3-9-4-7/h5,7,9H,2-4,6H2,1H3. The van der Waals surface area contributed by atoms with Crippen molar-refractivity contribution in [3.8, 4) is 5.88 Å². The third-order valence-corrected chi connectivity index (χ3v) is 2.30. The molecule has 5 heteroatoms. The first kappa shape index (κ1) is 8.50. The van der Waals surface area contributed by atoms with Gasteiger partial charge in [0.15, 0.2) is 0 Å². The van der Waals surface area contributed by atoms with E-state index in [-0.39, 0.29) is 0 Å². The molecule has 0 radical (unpaired) electrons. The first-order chi connectivity index (χ1) is 6.36. The first-order valence-corrected chi connectivity index (χ1v) is 4.54. The summed E-state index contributed by atoms with van der Waals surface area (Å²) in [6.45, 7) is 2.93. The van der Waals surface area contributed by atoms with Crippen molar-refractivity contribution in [2.24, 2.45) is 13.0 Å². The van der Waals surface area contributed by atoms with Crippen LogP contribution in [0.25, 0.3) is 0 Å². The maximum Gasteiger partial charge on any atom is 0.232 e. The Morgan fingerprint density at radius 2 is 2.69 bits per heavy atom. The van der Waals surface area contributed by atoms with Gasteiger partial charge in [0.1, 0.15) is 6.20 Å². The number of hydrogen-bond acceptors (Lipinski definition) is 4. The number of nitrogens with one attached hydrogen (secondary N) is 1. The second kappa shape index (κ2) is 3.74. The summed E-state index contributed by atoms with van der Waals surface area (Å²) in [6.07, 6.45) is 2.84. The molecule has 2 rings (SSSR count). The Hall–Kier alpha value is -1.10. The zero-order chi connectivity index (χ0) is 9.10. The van der Waals surface area contributed by atoms with E-state index in [1.807, 2.05) is 7.05 Å². The fourth-order valence-corrected chi connectivity index (χ4v) is 1.47. The van der Waals surface area contributed by atoms with E-state index in [1.54, 1.807) is 10.9 Å². The highest BCUT2D eigenvalue weighted by Gasteiger charge is 2.15. The van der Waals surface area contributed by atoms with E-state index in [0.717, 1.165) is 25.6 Å². The predicted octanol–water partition coefficient (Wildman–Crippen LogP) is -0.197. The van der Waals surface area contributed by atoms with Crippen molar-refractivity contribution < 1.29 is 4.74 Å². The molecule has 0 aromatic carbocycles. The summed E-state index contributed by atoms with van der Waals surface area (Å²) in [6, 6.07) is 0. The Balaban J connectivity index is 1.82. The first-order valence-electron chi connectivity index (χ1n) is 4.54. The molecule has 5 nitrogen and oxygen atoms in total. The van der Waals surface area contributed by atoms with Crippen molar-refractivity contribution in [1.29, 1.82) is 0 Å². The Morgan fingerprint density at radius 1 is 1.77 bits per heavy atom. The van der Waals surface area contributed by atoms with Crippen LogP contribution in [0.4, 0.5) is 0 Å². The zero-order valence-electron chi connectivity index (χ0n) is 7.73. The topological polar surface area (TPSA) is 52.0 Å². The quantitative estimate of drug-likeness (QED) is 0.703. The summed E-state index contributed by atoms with van der Waals surface area (Å²) in [5.41, 5.74) is 0. The second-order valence-electron chi connectivity index (χ2n) is 3.37. The molecule has 1 aliphatic rings. The average molecular weight is 182 g/mol. The SMILES string of the molecule is Cn1nncc1OCC1CCNC1. The summed E-state index contributed by atoms with van der Waals surface area (Å²) in [5.74, 6) is 1.38. The Bertz CT molecular complexity index is 267. The van der Waals surface area contributed by atoms with Crippen molar-refractivity contribution in [1.82, 2.24) is 20.3 Å². The van der Waals surface area contributed by atoms with Crippen molar-refractivity contribution in [2.45, 2.75) is 6.42 Å². The lowest BCUT2D eigenvalue weighted by atomic mass is 10.1. The van der Waals surface area contributed by atoms with Crippen molar-refractivity contribution in [2.75, 3.05) is 19.7 Å². The summed E-state index contributed by atoms with van der Waals surface area (Å²) < 4.78 is 7.20. The van der Waals surface area contributed by atoms with E-state index in [1.165, 1.54) is 6.42 Å². The van der Waals surface area contributed by atoms with Gasteiger partial charge in [-0.05, 0) is 13.0 Å². The lowest BCUT2D eigenvalue weighted by molar-refractivity contribution is 0.240. The average Bonchev–Trinajstić information content (AvgIpc) is 2.72. The molecule has 1 aliphatic heterocycles. The van der Waals surface area contributed by atoms with Gasteiger partial charge in [0.2, 0.25) is 5.88 Å². The van der Waals surface area contributed by atoms with Crippen LogP contribution in [-0.4, -0.2) is 34.7 Å². The monoisotopic (exact) mass is 182 g/mol. The molecule has 1 aromatic heterocycles. The fourth-order valence-electron chi connectivity index (χ4n) is 1.47. The minimum Gasteiger partial charge on any atom is -0.476 e. The van der Waals surface area contributed by atoms with Gasteiger partial charge in [-0.1, -0.05) is 5.21 Å². The molecule has 1 saturated heterocycles. The molecule has 1 fully saturated rings. The zero-order valence-corrected chi connectivity index (χ0v) is 7.73. The van der Waals surface area contributed by atoms with Crippen LogP contribution >= 0.6 is 0 Å². The third-order valence-electron chi connectivity index (χ3n) is 2.30. The summed E-state index contributed by atoms with van der Waals surface area (Å²) in [4.78, 5) is 0. The number of nitrogens with zero attached hydrogens (tertiary/aromatic N) is 3. The third kappa shape index (κ3) is 1.98. The molecule has 0 aliphatic carbocycles. The van der Waals surface area contributed by atoms with E-state index in [9.17, 15) is 0 Å². The van der Waals surface area contributed by atoms with E-state index in [0.29, 0.717) is 5.92 Å². The molecule has 0 spiro atoms. The van der Waals surface area contributed by atoms with Crippen LogP contribution in [-0.2, 0) is 7.05 Å². The lowest BCUT2D eigenvalue weighted by Crippen LogP contribution is -2.16. The van der Waals surface area contributed by atoms with Gasteiger partial charge in [0.25, 0.3) is 0 Å². The Kier molecular flexibility index (Phi) is 2.44. The highest BCUT2D eigenvalue weighted by atomic mass is 16.5. The van der Waals surface area contributed by atoms with Crippen LogP contribution < -0.4 is 10.1 Å². The number of hydrogen-bond donors (Lipinski definition) is 1. The molecule has 2 heterocycles. The molecule has 13 heavy (non-hydrogen) atoms. The number of ether oxygens (including phenoxy) is 1. The molecule has 1 N–H and O–H groups in total. The van der Waals surface area contributed by atoms with Crippen molar-refractivity contribution >= 4 is 0 Å². The van der Waals surface area contributed by atoms with Gasteiger partial charge in [0, 0.05) is 19.5 Å². The van der Waals surface area contributed by atoms with Crippen LogP contribution in [0.2, 0.25) is 0 Å². The summed E-state index contributed by atoms with van der Waals surface area (Å²) in [5, 5.41) is 10.8. The highest BCUT2D eigenvalue weighted by molar-refractivity contribution is 5.00. The largest absolute Gasteiger partial charge is 0.476 e. The lowest BCUT2D eigenvalue weighted by Gasteiger charge is -2.09. The van der Waals surface area contributed by atoms with E-state index < -0.39 is 0 Å². The van der Waals surface area contributed by atoms with Crippen LogP contribution in [0, 0.1) is 5.92 Å². The van der Waals surface area contributed by atoms with Gasteiger partial charge < -0.3 is 10.1 Å². The van der Waals surface area contributed by atoms with Crippen LogP contribution in [0.15, 0.2) is 6.20 Å². The number of aromatic nitrogens is 3. The molecule has 0 bridgehead atoms. The molecule has 1 unspecified atom stereocenters. The maximum atomic E-state index is 5.56. The fraction of sp³-hybridized carbons (Fsp3) is 0.750. The minimum atomic E-state index is 0.634. The van der Waals surface area contributed by atoms with Gasteiger partial charge in [-0.2, -0.15) is 0 Å². The molecule has 0 amide bonds. The Morgan fingerprint density at radius 3 is 3.31 bits per heavy atom. The number of rotatable bonds is 3. The van der Waals surface area contributed by atoms with Gasteiger partial charge in [0.05, 0.1) is 6.61 Å². The van der Waals surface area contributed by atoms with Crippen molar-refractivity contribution in [3.05, 3.63) is 6.20 Å². The van der Waals surface area contributed by atoms with Crippen LogP contribution in [0.5, 0.6) is 5.88 Å². The highest BCUT2D eigenvalue weighted by Crippen LogP contribution is 2.11. The van der Waals surface area contributed by atoms with Crippen LogP contribution in [0.3, 0.4) is 0 Å². The normalized spacial score (nSPS) is 22.1. The van der Waals surface area contributed by atoms with Gasteiger partial charge in [-0.15, -0.1) is 5.10 Å². The van der Waals surface area contributed by atoms with E-state index in [2.05, 4.69) is 15.6 Å². The van der Waals surface area contributed by atoms with Gasteiger partial charge in [-0.25, -0.2) is 4.68 Å². The van der Waals surface area contributed by atoms with E-state index >= 15 is 0 Å². The molecule has 72 valence electrons. The molecular formula is C8H14N4O. The van der Waals surface area contributed by atoms with Crippen LogP contribution in [0.1, 0.15) is 6.42 Å². The minimum absolute atomic E-state index is 0.634. The second-order valence-corrected chi connectivity index (χ2v) is 3.37. The molecule has 0 saturated carbocycles. The van der Waals surface area contributed by atoms with E-state index in [4.69, 9.17) is 4.74 Å². The summed E-state index contributed by atoms with van der Waals surface area (Å²) in [7, 11) is 1.83. The van der Waals surface area contributed by atoms with Gasteiger partial charge in [-0.3, -0.25) is 0 Å². The molecule has 1 atom stereocenters. The smallest absolute Gasteiger partial charge is 0.232 e. The summed E-state index contributed by atoms with van der Waals surface area (Å²) >= 11 is 0. The molecular weight excluding hydrogens is 168 g/mol. The Labute approximate surface area is 77.1 Å². The maximum absolute atomic E-state index is 5.56. The van der Waals surface area contributed by atoms with Crippen molar-refractivity contribution in [3.63, 3.8) is 0 Å². The number of aryl methyl sites for hydroxylation is 1. The molecule has 1 aromatic rings. The van der Waals surface area contributed by atoms with Gasteiger partial charge >= 0.3 is 0 Å².